The molecule has 0 spiro atoms. The quantitative estimate of drug-likeness (QED) is 0.670. The van der Waals surface area contributed by atoms with Crippen LogP contribution < -0.4 is 0 Å². The molecule has 2 rings (SSSR count). The van der Waals surface area contributed by atoms with Gasteiger partial charge in [-0.1, -0.05) is 0 Å². The molecule has 2 aromatic rings. The molecule has 0 amide bonds. The molecule has 2 aromatic heterocycles. The molecule has 0 aliphatic rings. The number of aromatic amines is 1. The summed E-state index contributed by atoms with van der Waals surface area (Å²) in [5.41, 5.74) is 1.03. The Morgan fingerprint density at radius 3 is 2.77 bits per heavy atom. The van der Waals surface area contributed by atoms with E-state index in [0.29, 0.717) is 11.1 Å². The van der Waals surface area contributed by atoms with Crippen molar-refractivity contribution in [1.82, 2.24) is 20.4 Å². The molecule has 0 radical (unpaired) electrons. The summed E-state index contributed by atoms with van der Waals surface area (Å²) in [5, 5.41) is 13.5. The van der Waals surface area contributed by atoms with Gasteiger partial charge in [-0.2, -0.15) is 15.3 Å². The summed E-state index contributed by atoms with van der Waals surface area (Å²) in [7, 11) is 0. The molecule has 0 aliphatic carbocycles. The number of carbonyl (C=O) groups is 1. The maximum atomic E-state index is 11.6. The van der Waals surface area contributed by atoms with Crippen molar-refractivity contribution in [3.05, 3.63) is 42.0 Å². The number of carbonyl (C=O) groups excluding carboxylic acids is 1. The van der Waals surface area contributed by atoms with Crippen LogP contribution in [0.4, 0.5) is 0 Å². The lowest BCUT2D eigenvalue weighted by atomic mass is 10.1. The summed E-state index contributed by atoms with van der Waals surface area (Å²) in [5.74, 6) is -0.108. The molecule has 2 heterocycles. The molecule has 0 saturated carbocycles. The van der Waals surface area contributed by atoms with E-state index in [0.717, 1.165) is 0 Å². The minimum Gasteiger partial charge on any atom is -0.288 e. The highest BCUT2D eigenvalue weighted by Crippen LogP contribution is 2.04. The molecule has 5 nitrogen and oxygen atoms in total. The molecule has 5 heteroatoms. The van der Waals surface area contributed by atoms with Crippen LogP contribution in [-0.2, 0) is 0 Å². The van der Waals surface area contributed by atoms with E-state index < -0.39 is 0 Å². The average molecular weight is 174 g/mol. The van der Waals surface area contributed by atoms with Gasteiger partial charge in [-0.15, -0.1) is 0 Å². The lowest BCUT2D eigenvalue weighted by Gasteiger charge is -1.93. The van der Waals surface area contributed by atoms with Gasteiger partial charge < -0.3 is 0 Å². The smallest absolute Gasteiger partial charge is 0.197 e. The summed E-state index contributed by atoms with van der Waals surface area (Å²) < 4.78 is 0. The van der Waals surface area contributed by atoms with Crippen LogP contribution in [0.1, 0.15) is 15.9 Å². The Morgan fingerprint density at radius 1 is 1.23 bits per heavy atom. The summed E-state index contributed by atoms with van der Waals surface area (Å²) in [6.45, 7) is 0. The fourth-order valence-corrected chi connectivity index (χ4v) is 0.967. The van der Waals surface area contributed by atoms with E-state index in [-0.39, 0.29) is 5.78 Å². The van der Waals surface area contributed by atoms with Gasteiger partial charge in [0, 0.05) is 11.8 Å². The van der Waals surface area contributed by atoms with Crippen molar-refractivity contribution in [3.63, 3.8) is 0 Å². The van der Waals surface area contributed by atoms with E-state index in [1.165, 1.54) is 18.6 Å². The van der Waals surface area contributed by atoms with Gasteiger partial charge in [0.25, 0.3) is 0 Å². The zero-order valence-electron chi connectivity index (χ0n) is 6.64. The number of H-pyrrole nitrogens is 1. The van der Waals surface area contributed by atoms with Crippen LogP contribution in [0.5, 0.6) is 0 Å². The lowest BCUT2D eigenvalue weighted by molar-refractivity contribution is 0.103. The molecule has 64 valence electrons. The zero-order chi connectivity index (χ0) is 9.10. The maximum absolute atomic E-state index is 11.6. The lowest BCUT2D eigenvalue weighted by Crippen LogP contribution is -2.00. The normalized spacial score (nSPS) is 9.85. The van der Waals surface area contributed by atoms with Crippen LogP contribution in [0.2, 0.25) is 0 Å². The average Bonchev–Trinajstić information content (AvgIpc) is 2.71. The van der Waals surface area contributed by atoms with E-state index >= 15 is 0 Å². The number of hydrogen-bond donors (Lipinski definition) is 1. The van der Waals surface area contributed by atoms with Crippen molar-refractivity contribution in [2.45, 2.75) is 0 Å². The van der Waals surface area contributed by atoms with Gasteiger partial charge in [0.05, 0.1) is 24.2 Å². The third kappa shape index (κ3) is 1.44. The summed E-state index contributed by atoms with van der Waals surface area (Å²) in [4.78, 5) is 11.6. The minimum atomic E-state index is -0.108. The van der Waals surface area contributed by atoms with Crippen LogP contribution >= 0.6 is 0 Å². The summed E-state index contributed by atoms with van der Waals surface area (Å²) >= 11 is 0. The third-order valence-corrected chi connectivity index (χ3v) is 1.61. The Hall–Kier alpha value is -2.04. The topological polar surface area (TPSA) is 71.5 Å². The van der Waals surface area contributed by atoms with Crippen LogP contribution in [0.25, 0.3) is 0 Å². The second kappa shape index (κ2) is 3.14. The molecular weight excluding hydrogens is 168 g/mol. The van der Waals surface area contributed by atoms with Gasteiger partial charge >= 0.3 is 0 Å². The zero-order valence-corrected chi connectivity index (χ0v) is 6.64. The fourth-order valence-electron chi connectivity index (χ4n) is 0.967. The molecule has 13 heavy (non-hydrogen) atoms. The number of aromatic nitrogens is 4. The third-order valence-electron chi connectivity index (χ3n) is 1.61. The monoisotopic (exact) mass is 174 g/mol. The van der Waals surface area contributed by atoms with Gasteiger partial charge in [-0.05, 0) is 6.07 Å². The Labute approximate surface area is 73.8 Å². The molecule has 0 aliphatic heterocycles. The van der Waals surface area contributed by atoms with Crippen molar-refractivity contribution in [3.8, 4) is 0 Å². The summed E-state index contributed by atoms with van der Waals surface area (Å²) in [6.07, 6.45) is 5.92. The van der Waals surface area contributed by atoms with E-state index in [2.05, 4.69) is 20.4 Å². The molecule has 0 atom stereocenters. The first kappa shape index (κ1) is 7.60. The largest absolute Gasteiger partial charge is 0.288 e. The fraction of sp³-hybridized carbons (Fsp3) is 0. The van der Waals surface area contributed by atoms with Crippen LogP contribution in [0, 0.1) is 0 Å². The van der Waals surface area contributed by atoms with E-state index in [1.807, 2.05) is 0 Å². The van der Waals surface area contributed by atoms with Crippen molar-refractivity contribution in [1.29, 1.82) is 0 Å². The highest BCUT2D eigenvalue weighted by molar-refractivity contribution is 6.08. The van der Waals surface area contributed by atoms with Crippen LogP contribution in [0.15, 0.2) is 30.9 Å². The standard InChI is InChI=1S/C8H6N4O/c13-8(7-4-11-12-5-7)6-1-2-9-10-3-6/h1-5H,(H,11,12). The molecule has 0 saturated heterocycles. The number of ketones is 1. The molecule has 0 unspecified atom stereocenters. The first-order chi connectivity index (χ1) is 6.38. The number of hydrogen-bond acceptors (Lipinski definition) is 4. The van der Waals surface area contributed by atoms with Crippen molar-refractivity contribution >= 4 is 5.78 Å². The van der Waals surface area contributed by atoms with Gasteiger partial charge in [0.2, 0.25) is 0 Å². The minimum absolute atomic E-state index is 0.108. The molecular formula is C8H6N4O. The van der Waals surface area contributed by atoms with E-state index in [1.54, 1.807) is 12.3 Å². The maximum Gasteiger partial charge on any atom is 0.197 e. The first-order valence-corrected chi connectivity index (χ1v) is 3.68. The second-order valence-electron chi connectivity index (χ2n) is 2.45. The highest BCUT2D eigenvalue weighted by Gasteiger charge is 2.09. The predicted octanol–water partition coefficient (Wildman–Crippen LogP) is 0.431. The van der Waals surface area contributed by atoms with Crippen molar-refractivity contribution in [2.75, 3.05) is 0 Å². The van der Waals surface area contributed by atoms with Crippen LogP contribution in [-0.4, -0.2) is 26.2 Å². The molecule has 0 aromatic carbocycles. The van der Waals surface area contributed by atoms with Gasteiger partial charge in [0.1, 0.15) is 0 Å². The summed E-state index contributed by atoms with van der Waals surface area (Å²) in [6, 6.07) is 1.61. The van der Waals surface area contributed by atoms with Gasteiger partial charge in [-0.3, -0.25) is 9.89 Å². The number of rotatable bonds is 2. The van der Waals surface area contributed by atoms with E-state index in [9.17, 15) is 4.79 Å². The Balaban J connectivity index is 2.34. The van der Waals surface area contributed by atoms with Gasteiger partial charge in [0.15, 0.2) is 5.78 Å². The van der Waals surface area contributed by atoms with Gasteiger partial charge in [-0.25, -0.2) is 0 Å². The van der Waals surface area contributed by atoms with E-state index in [4.69, 9.17) is 0 Å². The Morgan fingerprint density at radius 2 is 2.15 bits per heavy atom. The number of nitrogens with one attached hydrogen (secondary N) is 1. The first-order valence-electron chi connectivity index (χ1n) is 3.68. The van der Waals surface area contributed by atoms with Crippen molar-refractivity contribution < 1.29 is 4.79 Å². The Kier molecular flexibility index (Phi) is 1.84. The second-order valence-corrected chi connectivity index (χ2v) is 2.45. The van der Waals surface area contributed by atoms with Crippen molar-refractivity contribution in [2.24, 2.45) is 0 Å². The number of nitrogens with zero attached hydrogens (tertiary/aromatic N) is 3. The van der Waals surface area contributed by atoms with Crippen LogP contribution in [0.3, 0.4) is 0 Å². The molecule has 0 bridgehead atoms. The predicted molar refractivity (Wildman–Crippen MR) is 44.1 cm³/mol. The SMILES string of the molecule is O=C(c1ccnnc1)c1cn[nH]c1. The molecule has 1 N–H and O–H groups in total. The Bertz CT molecular complexity index is 395. The molecule has 0 fully saturated rings. The highest BCUT2D eigenvalue weighted by atomic mass is 16.1.